The summed E-state index contributed by atoms with van der Waals surface area (Å²) in [5.74, 6) is -2.06. The molecule has 0 atom stereocenters. The Labute approximate surface area is 83.3 Å². The van der Waals surface area contributed by atoms with E-state index in [1.807, 2.05) is 0 Å². The molecular weight excluding hydrogens is 213 g/mol. The third kappa shape index (κ3) is 2.71. The predicted octanol–water partition coefficient (Wildman–Crippen LogP) is 1.46. The molecule has 0 aliphatic rings. The Kier molecular flexibility index (Phi) is 3.01. The van der Waals surface area contributed by atoms with Gasteiger partial charge >= 0.3 is 12.1 Å². The van der Waals surface area contributed by atoms with Gasteiger partial charge in [-0.25, -0.2) is 4.98 Å². The van der Waals surface area contributed by atoms with E-state index in [-0.39, 0.29) is 18.5 Å². The van der Waals surface area contributed by atoms with E-state index in [0.717, 1.165) is 10.8 Å². The number of aromatic nitrogens is 2. The van der Waals surface area contributed by atoms with Gasteiger partial charge in [-0.1, -0.05) is 0 Å². The average Bonchev–Trinajstić information content (AvgIpc) is 2.42. The summed E-state index contributed by atoms with van der Waals surface area (Å²) in [6.07, 6.45) is -3.63. The molecule has 1 aromatic rings. The van der Waals surface area contributed by atoms with Crippen molar-refractivity contribution in [2.24, 2.45) is 7.05 Å². The van der Waals surface area contributed by atoms with Crippen LogP contribution in [0.1, 0.15) is 17.9 Å². The van der Waals surface area contributed by atoms with Crippen molar-refractivity contribution in [2.75, 3.05) is 0 Å². The number of aryl methyl sites for hydroxylation is 1. The molecule has 7 heteroatoms. The van der Waals surface area contributed by atoms with Gasteiger partial charge in [0.15, 0.2) is 0 Å². The summed E-state index contributed by atoms with van der Waals surface area (Å²) in [4.78, 5) is 13.4. The highest BCUT2D eigenvalue weighted by Crippen LogP contribution is 2.28. The Morgan fingerprint density at radius 2 is 2.20 bits per heavy atom. The van der Waals surface area contributed by atoms with Crippen molar-refractivity contribution in [1.29, 1.82) is 0 Å². The van der Waals surface area contributed by atoms with Crippen LogP contribution in [-0.4, -0.2) is 20.6 Å². The zero-order chi connectivity index (χ0) is 11.6. The van der Waals surface area contributed by atoms with Gasteiger partial charge in [0.2, 0.25) is 5.82 Å². The molecule has 1 rings (SSSR count). The van der Waals surface area contributed by atoms with Crippen molar-refractivity contribution in [2.45, 2.75) is 19.0 Å². The number of carboxylic acids is 1. The van der Waals surface area contributed by atoms with Gasteiger partial charge in [0.1, 0.15) is 0 Å². The summed E-state index contributed by atoms with van der Waals surface area (Å²) in [5.41, 5.74) is 0.254. The van der Waals surface area contributed by atoms with Crippen LogP contribution in [0.25, 0.3) is 0 Å². The van der Waals surface area contributed by atoms with E-state index >= 15 is 0 Å². The molecule has 0 bridgehead atoms. The van der Waals surface area contributed by atoms with Gasteiger partial charge in [-0.2, -0.15) is 13.2 Å². The monoisotopic (exact) mass is 222 g/mol. The molecule has 1 aromatic heterocycles. The minimum atomic E-state index is -4.50. The molecule has 0 aromatic carbocycles. The maximum absolute atomic E-state index is 12.3. The van der Waals surface area contributed by atoms with Gasteiger partial charge in [0, 0.05) is 18.9 Å². The van der Waals surface area contributed by atoms with Crippen LogP contribution >= 0.6 is 0 Å². The highest BCUT2D eigenvalue weighted by Gasteiger charge is 2.36. The van der Waals surface area contributed by atoms with Crippen LogP contribution in [0.4, 0.5) is 13.2 Å². The second-order valence-corrected chi connectivity index (χ2v) is 3.02. The lowest BCUT2D eigenvalue weighted by Crippen LogP contribution is -2.14. The Hall–Kier alpha value is -1.53. The maximum Gasteiger partial charge on any atom is 0.449 e. The molecule has 0 amide bonds. The van der Waals surface area contributed by atoms with Gasteiger partial charge in [0.05, 0.1) is 6.42 Å². The number of hydrogen-bond acceptors (Lipinski definition) is 2. The minimum absolute atomic E-state index is 0.0366. The van der Waals surface area contributed by atoms with Gasteiger partial charge in [0.25, 0.3) is 0 Å². The highest BCUT2D eigenvalue weighted by atomic mass is 19.4. The zero-order valence-corrected chi connectivity index (χ0v) is 7.88. The normalized spacial score (nSPS) is 11.7. The topological polar surface area (TPSA) is 55.1 Å². The molecule has 4 nitrogen and oxygen atoms in total. The molecular formula is C8H9F3N2O2. The Bertz CT molecular complexity index is 370. The summed E-state index contributed by atoms with van der Waals surface area (Å²) in [5, 5.41) is 8.38. The van der Waals surface area contributed by atoms with E-state index < -0.39 is 18.0 Å². The second-order valence-electron chi connectivity index (χ2n) is 3.02. The highest BCUT2D eigenvalue weighted by molar-refractivity contribution is 5.66. The first-order valence-corrected chi connectivity index (χ1v) is 4.12. The first-order valence-electron chi connectivity index (χ1n) is 4.12. The van der Waals surface area contributed by atoms with Crippen LogP contribution in [-0.2, 0) is 24.4 Å². The molecule has 0 fully saturated rings. The molecule has 0 saturated carbocycles. The average molecular weight is 222 g/mol. The summed E-state index contributed by atoms with van der Waals surface area (Å²) in [7, 11) is 1.22. The predicted molar refractivity (Wildman–Crippen MR) is 44.2 cm³/mol. The van der Waals surface area contributed by atoms with Crippen molar-refractivity contribution in [3.05, 3.63) is 17.7 Å². The van der Waals surface area contributed by atoms with Crippen molar-refractivity contribution in [3.63, 3.8) is 0 Å². The number of alkyl halides is 3. The lowest BCUT2D eigenvalue weighted by molar-refractivity contribution is -0.146. The van der Waals surface area contributed by atoms with E-state index in [4.69, 9.17) is 5.11 Å². The van der Waals surface area contributed by atoms with E-state index in [1.54, 1.807) is 0 Å². The van der Waals surface area contributed by atoms with Crippen LogP contribution in [0.15, 0.2) is 6.20 Å². The SMILES string of the molecule is Cn1c(CCC(=O)O)cnc1C(F)(F)F. The fourth-order valence-electron chi connectivity index (χ4n) is 1.18. The van der Waals surface area contributed by atoms with Gasteiger partial charge < -0.3 is 9.67 Å². The zero-order valence-electron chi connectivity index (χ0n) is 7.88. The molecule has 1 N–H and O–H groups in total. The van der Waals surface area contributed by atoms with Gasteiger partial charge in [-0.05, 0) is 6.42 Å². The third-order valence-corrected chi connectivity index (χ3v) is 1.93. The molecule has 0 saturated heterocycles. The second kappa shape index (κ2) is 3.92. The van der Waals surface area contributed by atoms with E-state index in [9.17, 15) is 18.0 Å². The third-order valence-electron chi connectivity index (χ3n) is 1.93. The van der Waals surface area contributed by atoms with Crippen LogP contribution in [0, 0.1) is 0 Å². The first kappa shape index (κ1) is 11.5. The quantitative estimate of drug-likeness (QED) is 0.842. The molecule has 15 heavy (non-hydrogen) atoms. The number of rotatable bonds is 3. The number of hydrogen-bond donors (Lipinski definition) is 1. The molecule has 0 unspecified atom stereocenters. The van der Waals surface area contributed by atoms with Crippen LogP contribution in [0.2, 0.25) is 0 Å². The van der Waals surface area contributed by atoms with Crippen molar-refractivity contribution in [1.82, 2.24) is 9.55 Å². The molecule has 0 aliphatic heterocycles. The number of aliphatic carboxylic acids is 1. The molecule has 0 aliphatic carbocycles. The number of nitrogens with zero attached hydrogens (tertiary/aromatic N) is 2. The number of halogens is 3. The fourth-order valence-corrected chi connectivity index (χ4v) is 1.18. The van der Waals surface area contributed by atoms with Crippen LogP contribution in [0.3, 0.4) is 0 Å². The van der Waals surface area contributed by atoms with E-state index in [2.05, 4.69) is 4.98 Å². The van der Waals surface area contributed by atoms with Crippen LogP contribution in [0.5, 0.6) is 0 Å². The van der Waals surface area contributed by atoms with E-state index in [1.165, 1.54) is 7.05 Å². The number of carbonyl (C=O) groups is 1. The van der Waals surface area contributed by atoms with Crippen molar-refractivity contribution < 1.29 is 23.1 Å². The Balaban J connectivity index is 2.85. The lowest BCUT2D eigenvalue weighted by Gasteiger charge is -2.07. The number of carboxylic acid groups (broad SMARTS) is 1. The largest absolute Gasteiger partial charge is 0.481 e. The first-order chi connectivity index (χ1) is 6.82. The van der Waals surface area contributed by atoms with Crippen LogP contribution < -0.4 is 0 Å². The molecule has 0 spiro atoms. The summed E-state index contributed by atoms with van der Waals surface area (Å²) in [6, 6.07) is 0. The Morgan fingerprint density at radius 1 is 1.60 bits per heavy atom. The standard InChI is InChI=1S/C8H9F3N2O2/c1-13-5(2-3-6(14)15)4-12-7(13)8(9,10)11/h4H,2-3H2,1H3,(H,14,15). The molecule has 84 valence electrons. The lowest BCUT2D eigenvalue weighted by atomic mass is 10.2. The summed E-state index contributed by atoms with van der Waals surface area (Å²) < 4.78 is 37.6. The summed E-state index contributed by atoms with van der Waals surface area (Å²) >= 11 is 0. The summed E-state index contributed by atoms with van der Waals surface area (Å²) in [6.45, 7) is 0. The van der Waals surface area contributed by atoms with Crippen molar-refractivity contribution >= 4 is 5.97 Å². The Morgan fingerprint density at radius 3 is 2.60 bits per heavy atom. The number of imidazole rings is 1. The van der Waals surface area contributed by atoms with Gasteiger partial charge in [-0.15, -0.1) is 0 Å². The maximum atomic E-state index is 12.3. The van der Waals surface area contributed by atoms with E-state index in [0.29, 0.717) is 0 Å². The fraction of sp³-hybridized carbons (Fsp3) is 0.500. The minimum Gasteiger partial charge on any atom is -0.481 e. The van der Waals surface area contributed by atoms with Gasteiger partial charge in [-0.3, -0.25) is 4.79 Å². The molecule has 0 radical (unpaired) electrons. The molecule has 1 heterocycles. The smallest absolute Gasteiger partial charge is 0.449 e. The van der Waals surface area contributed by atoms with Crippen molar-refractivity contribution in [3.8, 4) is 0 Å².